The topological polar surface area (TPSA) is 94.2 Å². The first-order valence-electron chi connectivity index (χ1n) is 7.20. The summed E-state index contributed by atoms with van der Waals surface area (Å²) in [6, 6.07) is 3.13. The van der Waals surface area contributed by atoms with Gasteiger partial charge in [0.15, 0.2) is 23.2 Å². The number of halogens is 1. The minimum atomic E-state index is -0.588. The molecule has 0 atom stereocenters. The van der Waals surface area contributed by atoms with Gasteiger partial charge in [0.05, 0.1) is 14.2 Å². The van der Waals surface area contributed by atoms with Crippen LogP contribution in [0.4, 0.5) is 0 Å². The molecule has 1 aromatic rings. The summed E-state index contributed by atoms with van der Waals surface area (Å²) in [4.78, 5) is 36.7. The van der Waals surface area contributed by atoms with Gasteiger partial charge in [-0.05, 0) is 36.0 Å². The zero-order chi connectivity index (χ0) is 19.4. The van der Waals surface area contributed by atoms with Gasteiger partial charge in [-0.2, -0.15) is 0 Å². The zero-order valence-corrected chi connectivity index (χ0v) is 16.5. The van der Waals surface area contributed by atoms with Crippen molar-refractivity contribution in [1.29, 1.82) is 0 Å². The van der Waals surface area contributed by atoms with E-state index in [4.69, 9.17) is 21.7 Å². The highest BCUT2D eigenvalue weighted by Crippen LogP contribution is 2.35. The SMILES string of the molecule is COC(=O)COc1cc(Br)c(/C=C2/C(=O)NC(=S)N(C)C2=O)cc1OC. The Balaban J connectivity index is 2.38. The molecule has 1 heterocycles. The highest BCUT2D eigenvalue weighted by atomic mass is 79.9. The van der Waals surface area contributed by atoms with E-state index in [1.54, 1.807) is 12.1 Å². The van der Waals surface area contributed by atoms with Gasteiger partial charge in [-0.3, -0.25) is 19.8 Å². The molecule has 1 N–H and O–H groups in total. The van der Waals surface area contributed by atoms with Gasteiger partial charge in [-0.25, -0.2) is 4.79 Å². The van der Waals surface area contributed by atoms with Crippen LogP contribution in [0.25, 0.3) is 6.08 Å². The van der Waals surface area contributed by atoms with Gasteiger partial charge in [-0.1, -0.05) is 15.9 Å². The third-order valence-corrected chi connectivity index (χ3v) is 4.52. The molecule has 1 aliphatic rings. The monoisotopic (exact) mass is 442 g/mol. The molecule has 1 aliphatic heterocycles. The van der Waals surface area contributed by atoms with Crippen LogP contribution in [-0.4, -0.2) is 55.7 Å². The summed E-state index contributed by atoms with van der Waals surface area (Å²) < 4.78 is 15.7. The standard InChI is InChI=1S/C16H15BrN2O6S/c1-19-15(22)9(14(21)18-16(19)26)4-8-5-11(23-2)12(6-10(8)17)25-7-13(20)24-3/h4-6H,7H2,1-3H3,(H,18,21,26)/b9-4-. The molecular weight excluding hydrogens is 428 g/mol. The number of methoxy groups -OCH3 is 2. The Kier molecular flexibility index (Phi) is 6.32. The maximum Gasteiger partial charge on any atom is 0.343 e. The number of hydrogen-bond acceptors (Lipinski definition) is 7. The van der Waals surface area contributed by atoms with Crippen LogP contribution in [0, 0.1) is 0 Å². The van der Waals surface area contributed by atoms with Crippen LogP contribution in [0.2, 0.25) is 0 Å². The Hall–Kier alpha value is -2.46. The number of thiocarbonyl (C=S) groups is 1. The second kappa shape index (κ2) is 8.28. The first-order valence-corrected chi connectivity index (χ1v) is 8.40. The molecule has 0 aromatic heterocycles. The molecule has 138 valence electrons. The second-order valence-corrected chi connectivity index (χ2v) is 6.31. The highest BCUT2D eigenvalue weighted by molar-refractivity contribution is 9.10. The maximum absolute atomic E-state index is 12.3. The van der Waals surface area contributed by atoms with Crippen LogP contribution in [0.3, 0.4) is 0 Å². The minimum absolute atomic E-state index is 0.0420. The van der Waals surface area contributed by atoms with Gasteiger partial charge in [0.2, 0.25) is 0 Å². The number of benzene rings is 1. The van der Waals surface area contributed by atoms with Gasteiger partial charge in [0.25, 0.3) is 11.8 Å². The third-order valence-electron chi connectivity index (χ3n) is 3.46. The van der Waals surface area contributed by atoms with Crippen LogP contribution in [0.1, 0.15) is 5.56 Å². The summed E-state index contributed by atoms with van der Waals surface area (Å²) in [5.41, 5.74) is 0.430. The largest absolute Gasteiger partial charge is 0.493 e. The average molecular weight is 443 g/mol. The van der Waals surface area contributed by atoms with E-state index in [0.717, 1.165) is 0 Å². The van der Waals surface area contributed by atoms with Crippen LogP contribution < -0.4 is 14.8 Å². The molecule has 8 nitrogen and oxygen atoms in total. The van der Waals surface area contributed by atoms with E-state index in [1.807, 2.05) is 0 Å². The van der Waals surface area contributed by atoms with Gasteiger partial charge in [0.1, 0.15) is 5.57 Å². The summed E-state index contributed by atoms with van der Waals surface area (Å²) in [5.74, 6) is -1.04. The Labute approximate surface area is 163 Å². The first kappa shape index (κ1) is 19.9. The van der Waals surface area contributed by atoms with Gasteiger partial charge in [-0.15, -0.1) is 0 Å². The van der Waals surface area contributed by atoms with E-state index in [1.165, 1.54) is 32.2 Å². The van der Waals surface area contributed by atoms with Crippen molar-refractivity contribution in [3.05, 3.63) is 27.7 Å². The number of carbonyl (C=O) groups excluding carboxylic acids is 3. The molecule has 1 fully saturated rings. The fourth-order valence-corrected chi connectivity index (χ4v) is 2.64. The van der Waals surface area contributed by atoms with Crippen molar-refractivity contribution >= 4 is 57.1 Å². The van der Waals surface area contributed by atoms with Crippen molar-refractivity contribution in [2.45, 2.75) is 0 Å². The Bertz CT molecular complexity index is 823. The van der Waals surface area contributed by atoms with Crippen molar-refractivity contribution in [2.75, 3.05) is 27.9 Å². The second-order valence-electron chi connectivity index (χ2n) is 5.07. The first-order chi connectivity index (χ1) is 12.3. The van der Waals surface area contributed by atoms with E-state index in [2.05, 4.69) is 26.0 Å². The predicted molar refractivity (Wildman–Crippen MR) is 99.7 cm³/mol. The quantitative estimate of drug-likeness (QED) is 0.317. The number of carbonyl (C=O) groups is 3. The predicted octanol–water partition coefficient (Wildman–Crippen LogP) is 1.27. The van der Waals surface area contributed by atoms with Crippen molar-refractivity contribution in [3.8, 4) is 11.5 Å². The molecule has 0 saturated carbocycles. The van der Waals surface area contributed by atoms with Crippen LogP contribution in [0.15, 0.2) is 22.2 Å². The number of nitrogens with one attached hydrogen (secondary N) is 1. The van der Waals surface area contributed by atoms with E-state index < -0.39 is 17.8 Å². The lowest BCUT2D eigenvalue weighted by atomic mass is 10.1. The average Bonchev–Trinajstić information content (AvgIpc) is 2.62. The lowest BCUT2D eigenvalue weighted by Crippen LogP contribution is -2.52. The fourth-order valence-electron chi connectivity index (χ4n) is 2.03. The molecule has 0 bridgehead atoms. The van der Waals surface area contributed by atoms with Gasteiger partial charge < -0.3 is 14.2 Å². The molecule has 10 heteroatoms. The van der Waals surface area contributed by atoms with Crippen molar-refractivity contribution in [3.63, 3.8) is 0 Å². The fraction of sp³-hybridized carbons (Fsp3) is 0.250. The lowest BCUT2D eigenvalue weighted by Gasteiger charge is -2.25. The summed E-state index contributed by atoms with van der Waals surface area (Å²) >= 11 is 8.25. The molecule has 0 unspecified atom stereocenters. The molecule has 2 amide bonds. The van der Waals surface area contributed by atoms with Crippen molar-refractivity contribution < 1.29 is 28.6 Å². The Morgan fingerprint density at radius 2 is 2.00 bits per heavy atom. The van der Waals surface area contributed by atoms with E-state index >= 15 is 0 Å². The molecule has 1 aromatic carbocycles. The Morgan fingerprint density at radius 3 is 2.62 bits per heavy atom. The molecule has 0 aliphatic carbocycles. The normalized spacial score (nSPS) is 15.8. The smallest absolute Gasteiger partial charge is 0.343 e. The number of esters is 1. The van der Waals surface area contributed by atoms with Crippen molar-refractivity contribution in [2.24, 2.45) is 0 Å². The van der Waals surface area contributed by atoms with E-state index in [9.17, 15) is 14.4 Å². The molecule has 2 rings (SSSR count). The summed E-state index contributed by atoms with van der Waals surface area (Å²) in [5, 5.41) is 2.48. The third kappa shape index (κ3) is 4.20. The summed E-state index contributed by atoms with van der Waals surface area (Å²) in [7, 11) is 4.15. The lowest BCUT2D eigenvalue weighted by molar-refractivity contribution is -0.143. The number of amides is 2. The van der Waals surface area contributed by atoms with Gasteiger partial charge in [0, 0.05) is 11.5 Å². The Morgan fingerprint density at radius 1 is 1.31 bits per heavy atom. The van der Waals surface area contributed by atoms with Crippen LogP contribution in [0.5, 0.6) is 11.5 Å². The highest BCUT2D eigenvalue weighted by Gasteiger charge is 2.31. The van der Waals surface area contributed by atoms with E-state index in [-0.39, 0.29) is 17.3 Å². The van der Waals surface area contributed by atoms with Crippen LogP contribution in [-0.2, 0) is 19.1 Å². The summed E-state index contributed by atoms with van der Waals surface area (Å²) in [6.45, 7) is -0.289. The van der Waals surface area contributed by atoms with Gasteiger partial charge >= 0.3 is 5.97 Å². The molecule has 26 heavy (non-hydrogen) atoms. The van der Waals surface area contributed by atoms with Crippen molar-refractivity contribution in [1.82, 2.24) is 10.2 Å². The molecule has 1 saturated heterocycles. The summed E-state index contributed by atoms with van der Waals surface area (Å²) in [6.07, 6.45) is 1.41. The number of hydrogen-bond donors (Lipinski definition) is 1. The molecular formula is C16H15BrN2O6S. The number of rotatable bonds is 5. The van der Waals surface area contributed by atoms with Crippen LogP contribution >= 0.6 is 28.1 Å². The number of ether oxygens (including phenoxy) is 3. The number of nitrogens with zero attached hydrogens (tertiary/aromatic N) is 1. The molecule has 0 spiro atoms. The molecule has 0 radical (unpaired) electrons. The zero-order valence-electron chi connectivity index (χ0n) is 14.1. The maximum atomic E-state index is 12.3. The number of likely N-dealkylation sites (N-methyl/N-ethyl adjacent to an activating group) is 1. The minimum Gasteiger partial charge on any atom is -0.493 e. The van der Waals surface area contributed by atoms with E-state index in [0.29, 0.717) is 21.5 Å².